The number of halogens is 4. The summed E-state index contributed by atoms with van der Waals surface area (Å²) >= 11 is 5.72. The number of hydrogen-bond donors (Lipinski definition) is 1. The Morgan fingerprint density at radius 3 is 2.38 bits per heavy atom. The van der Waals surface area contributed by atoms with E-state index in [-0.39, 0.29) is 22.3 Å². The zero-order valence-electron chi connectivity index (χ0n) is 13.0. The van der Waals surface area contributed by atoms with E-state index in [2.05, 4.69) is 10.3 Å². The van der Waals surface area contributed by atoms with Gasteiger partial charge in [-0.3, -0.25) is 4.79 Å². The van der Waals surface area contributed by atoms with Gasteiger partial charge in [0.1, 0.15) is 28.1 Å². The van der Waals surface area contributed by atoms with Crippen LogP contribution in [0.4, 0.5) is 18.9 Å². The Kier molecular flexibility index (Phi) is 5.09. The second kappa shape index (κ2) is 7.45. The third-order valence-corrected chi connectivity index (χ3v) is 3.51. The average molecular weight is 379 g/mol. The van der Waals surface area contributed by atoms with Crippen LogP contribution in [0.25, 0.3) is 0 Å². The summed E-state index contributed by atoms with van der Waals surface area (Å²) < 4.78 is 46.7. The highest BCUT2D eigenvalue weighted by molar-refractivity contribution is 6.29. The van der Waals surface area contributed by atoms with Crippen LogP contribution in [0.3, 0.4) is 0 Å². The van der Waals surface area contributed by atoms with E-state index in [1.165, 1.54) is 30.5 Å². The first-order chi connectivity index (χ1) is 12.4. The highest BCUT2D eigenvalue weighted by Crippen LogP contribution is 2.28. The number of benzene rings is 2. The average Bonchev–Trinajstić information content (AvgIpc) is 2.57. The molecule has 1 aromatic heterocycles. The molecule has 3 aromatic rings. The summed E-state index contributed by atoms with van der Waals surface area (Å²) in [5.74, 6) is -3.70. The summed E-state index contributed by atoms with van der Waals surface area (Å²) in [7, 11) is 0. The van der Waals surface area contributed by atoms with Crippen LogP contribution in [-0.2, 0) is 0 Å². The van der Waals surface area contributed by atoms with Gasteiger partial charge in [0.15, 0.2) is 11.6 Å². The lowest BCUT2D eigenvalue weighted by molar-refractivity contribution is 0.101. The molecule has 132 valence electrons. The second-order valence-corrected chi connectivity index (χ2v) is 5.50. The minimum atomic E-state index is -1.03. The monoisotopic (exact) mass is 378 g/mol. The number of anilines is 1. The quantitative estimate of drug-likeness (QED) is 0.635. The van der Waals surface area contributed by atoms with E-state index in [9.17, 15) is 18.0 Å². The van der Waals surface area contributed by atoms with Crippen molar-refractivity contribution in [1.82, 2.24) is 4.98 Å². The Morgan fingerprint density at radius 1 is 1.00 bits per heavy atom. The van der Waals surface area contributed by atoms with Crippen molar-refractivity contribution in [2.24, 2.45) is 0 Å². The smallest absolute Gasteiger partial charge is 0.261 e. The first-order valence-electron chi connectivity index (χ1n) is 7.28. The van der Waals surface area contributed by atoms with Crippen molar-refractivity contribution in [1.29, 1.82) is 0 Å². The van der Waals surface area contributed by atoms with E-state index >= 15 is 0 Å². The van der Waals surface area contributed by atoms with Crippen LogP contribution >= 0.6 is 11.6 Å². The molecule has 0 unspecified atom stereocenters. The molecule has 2 aromatic carbocycles. The number of amides is 1. The number of pyridine rings is 1. The highest BCUT2D eigenvalue weighted by atomic mass is 35.5. The van der Waals surface area contributed by atoms with Gasteiger partial charge in [0.2, 0.25) is 0 Å². The van der Waals surface area contributed by atoms with Crippen molar-refractivity contribution in [3.63, 3.8) is 0 Å². The molecule has 0 aliphatic rings. The first-order valence-corrected chi connectivity index (χ1v) is 7.66. The zero-order chi connectivity index (χ0) is 18.7. The molecule has 0 aliphatic heterocycles. The molecular formula is C18H10ClF3N2O2. The van der Waals surface area contributed by atoms with Crippen LogP contribution in [0.15, 0.2) is 54.7 Å². The number of nitrogens with one attached hydrogen (secondary N) is 1. The van der Waals surface area contributed by atoms with Crippen LogP contribution < -0.4 is 10.1 Å². The molecule has 1 heterocycles. The lowest BCUT2D eigenvalue weighted by Gasteiger charge is -2.10. The molecular weight excluding hydrogens is 369 g/mol. The van der Waals surface area contributed by atoms with E-state index in [1.54, 1.807) is 0 Å². The highest BCUT2D eigenvalue weighted by Gasteiger charge is 2.17. The second-order valence-electron chi connectivity index (χ2n) is 5.11. The van der Waals surface area contributed by atoms with E-state index in [1.807, 2.05) is 0 Å². The Balaban J connectivity index is 1.78. The zero-order valence-corrected chi connectivity index (χ0v) is 13.7. The summed E-state index contributed by atoms with van der Waals surface area (Å²) in [6, 6.07) is 9.49. The Labute approximate surface area is 151 Å². The number of ether oxygens (including phenoxy) is 1. The van der Waals surface area contributed by atoms with Gasteiger partial charge in [-0.1, -0.05) is 17.7 Å². The van der Waals surface area contributed by atoms with Crippen molar-refractivity contribution in [2.45, 2.75) is 0 Å². The first kappa shape index (κ1) is 17.8. The van der Waals surface area contributed by atoms with Gasteiger partial charge in [0.05, 0.1) is 0 Å². The number of carbonyl (C=O) groups is 1. The lowest BCUT2D eigenvalue weighted by Crippen LogP contribution is -2.15. The summed E-state index contributed by atoms with van der Waals surface area (Å²) in [5.41, 5.74) is -0.741. The Hall–Kier alpha value is -3.06. The Morgan fingerprint density at radius 2 is 1.73 bits per heavy atom. The van der Waals surface area contributed by atoms with Gasteiger partial charge in [-0.2, -0.15) is 0 Å². The molecule has 0 fully saturated rings. The largest absolute Gasteiger partial charge is 0.454 e. The molecule has 0 saturated heterocycles. The molecule has 0 atom stereocenters. The van der Waals surface area contributed by atoms with Gasteiger partial charge in [0.25, 0.3) is 5.91 Å². The molecule has 0 aliphatic carbocycles. The standard InChI is InChI=1S/C18H10ClF3N2O2/c19-16-9-11(6-7-23-16)26-15-5-4-10(8-14(15)22)24-18(25)17-12(20)2-1-3-13(17)21/h1-9H,(H,24,25). The summed E-state index contributed by atoms with van der Waals surface area (Å²) in [6.45, 7) is 0. The fraction of sp³-hybridized carbons (Fsp3) is 0. The number of aromatic nitrogens is 1. The number of nitrogens with zero attached hydrogens (tertiary/aromatic N) is 1. The summed E-state index contributed by atoms with van der Waals surface area (Å²) in [5, 5.41) is 2.41. The molecule has 0 spiro atoms. The van der Waals surface area contributed by atoms with Crippen molar-refractivity contribution >= 4 is 23.2 Å². The SMILES string of the molecule is O=C(Nc1ccc(Oc2ccnc(Cl)c2)c(F)c1)c1c(F)cccc1F. The minimum Gasteiger partial charge on any atom is -0.454 e. The molecule has 0 radical (unpaired) electrons. The van der Waals surface area contributed by atoms with Gasteiger partial charge in [-0.05, 0) is 30.3 Å². The van der Waals surface area contributed by atoms with E-state index in [0.29, 0.717) is 0 Å². The maximum Gasteiger partial charge on any atom is 0.261 e. The Bertz CT molecular complexity index is 962. The third-order valence-electron chi connectivity index (χ3n) is 3.31. The van der Waals surface area contributed by atoms with Crippen molar-refractivity contribution < 1.29 is 22.7 Å². The molecule has 1 amide bonds. The van der Waals surface area contributed by atoms with Crippen molar-refractivity contribution in [2.75, 3.05) is 5.32 Å². The van der Waals surface area contributed by atoms with Crippen LogP contribution in [-0.4, -0.2) is 10.9 Å². The van der Waals surface area contributed by atoms with Crippen molar-refractivity contribution in [3.8, 4) is 11.5 Å². The van der Waals surface area contributed by atoms with Crippen molar-refractivity contribution in [3.05, 3.63) is 82.9 Å². The molecule has 1 N–H and O–H groups in total. The van der Waals surface area contributed by atoms with Gasteiger partial charge < -0.3 is 10.1 Å². The predicted molar refractivity (Wildman–Crippen MR) is 90.0 cm³/mol. The third kappa shape index (κ3) is 3.94. The summed E-state index contributed by atoms with van der Waals surface area (Å²) in [4.78, 5) is 15.8. The van der Waals surface area contributed by atoms with Gasteiger partial charge in [0, 0.05) is 24.0 Å². The molecule has 0 bridgehead atoms. The normalized spacial score (nSPS) is 10.5. The molecule has 3 rings (SSSR count). The van der Waals surface area contributed by atoms with Crippen LogP contribution in [0.2, 0.25) is 5.15 Å². The van der Waals surface area contributed by atoms with Gasteiger partial charge in [-0.15, -0.1) is 0 Å². The van der Waals surface area contributed by atoms with E-state index in [0.717, 1.165) is 24.3 Å². The molecule has 8 heteroatoms. The lowest BCUT2D eigenvalue weighted by atomic mass is 10.1. The molecule has 26 heavy (non-hydrogen) atoms. The van der Waals surface area contributed by atoms with Crippen LogP contribution in [0, 0.1) is 17.5 Å². The number of hydrogen-bond acceptors (Lipinski definition) is 3. The van der Waals surface area contributed by atoms with E-state index < -0.39 is 28.9 Å². The molecule has 4 nitrogen and oxygen atoms in total. The molecule has 0 saturated carbocycles. The summed E-state index contributed by atoms with van der Waals surface area (Å²) in [6.07, 6.45) is 1.40. The topological polar surface area (TPSA) is 51.2 Å². The fourth-order valence-corrected chi connectivity index (χ4v) is 2.31. The minimum absolute atomic E-state index is 0.00950. The van der Waals surface area contributed by atoms with E-state index in [4.69, 9.17) is 16.3 Å². The van der Waals surface area contributed by atoms with Gasteiger partial charge in [-0.25, -0.2) is 18.2 Å². The van der Waals surface area contributed by atoms with Crippen LogP contribution in [0.5, 0.6) is 11.5 Å². The number of rotatable bonds is 4. The maximum absolute atomic E-state index is 14.2. The van der Waals surface area contributed by atoms with Gasteiger partial charge >= 0.3 is 0 Å². The predicted octanol–water partition coefficient (Wildman–Crippen LogP) is 5.20. The maximum atomic E-state index is 14.2. The number of carbonyl (C=O) groups excluding carboxylic acids is 1. The van der Waals surface area contributed by atoms with Crippen LogP contribution in [0.1, 0.15) is 10.4 Å². The fourth-order valence-electron chi connectivity index (χ4n) is 2.14.